The Morgan fingerprint density at radius 1 is 1.06 bits per heavy atom. The fraction of sp³-hybridized carbons (Fsp3) is 0.500. The average molecular weight is 422 g/mol. The van der Waals surface area contributed by atoms with Gasteiger partial charge in [0.1, 0.15) is 0 Å². The first-order chi connectivity index (χ1) is 15.1. The number of morpholine rings is 1. The predicted molar refractivity (Wildman–Crippen MR) is 125 cm³/mol. The zero-order chi connectivity index (χ0) is 21.6. The third kappa shape index (κ3) is 5.86. The van der Waals surface area contributed by atoms with Crippen molar-refractivity contribution in [2.75, 3.05) is 44.3 Å². The summed E-state index contributed by atoms with van der Waals surface area (Å²) >= 11 is 0. The Kier molecular flexibility index (Phi) is 7.25. The number of carbonyl (C=O) groups excluding carboxylic acids is 1. The van der Waals surface area contributed by atoms with Crippen LogP contribution >= 0.6 is 0 Å². The van der Waals surface area contributed by atoms with Crippen LogP contribution in [0.5, 0.6) is 0 Å². The van der Waals surface area contributed by atoms with Crippen LogP contribution in [0.15, 0.2) is 48.5 Å². The van der Waals surface area contributed by atoms with Gasteiger partial charge >= 0.3 is 0 Å². The van der Waals surface area contributed by atoms with Crippen LogP contribution < -0.4 is 10.2 Å². The van der Waals surface area contributed by atoms with E-state index in [-0.39, 0.29) is 11.9 Å². The minimum Gasteiger partial charge on any atom is -0.379 e. The van der Waals surface area contributed by atoms with E-state index >= 15 is 0 Å². The zero-order valence-electron chi connectivity index (χ0n) is 18.8. The van der Waals surface area contributed by atoms with E-state index in [0.29, 0.717) is 5.56 Å². The molecule has 0 aromatic heterocycles. The molecule has 31 heavy (non-hydrogen) atoms. The summed E-state index contributed by atoms with van der Waals surface area (Å²) in [5.74, 6) is 0.728. The van der Waals surface area contributed by atoms with Crippen molar-refractivity contribution in [2.45, 2.75) is 39.3 Å². The van der Waals surface area contributed by atoms with Crippen molar-refractivity contribution in [3.05, 3.63) is 65.2 Å². The number of hydrogen-bond acceptors (Lipinski definition) is 4. The van der Waals surface area contributed by atoms with Gasteiger partial charge in [-0.05, 0) is 61.1 Å². The van der Waals surface area contributed by atoms with Crippen LogP contribution in [0, 0.1) is 5.92 Å². The van der Waals surface area contributed by atoms with Gasteiger partial charge in [0.2, 0.25) is 0 Å². The van der Waals surface area contributed by atoms with Crippen LogP contribution in [0.1, 0.15) is 54.2 Å². The van der Waals surface area contributed by atoms with Crippen molar-refractivity contribution in [3.8, 4) is 0 Å². The topological polar surface area (TPSA) is 44.8 Å². The van der Waals surface area contributed by atoms with Crippen LogP contribution in [0.4, 0.5) is 5.69 Å². The van der Waals surface area contributed by atoms with Gasteiger partial charge in [-0.3, -0.25) is 9.69 Å². The lowest BCUT2D eigenvalue weighted by atomic mass is 9.99. The average Bonchev–Trinajstić information content (AvgIpc) is 2.80. The van der Waals surface area contributed by atoms with Crippen molar-refractivity contribution >= 4 is 11.6 Å². The van der Waals surface area contributed by atoms with E-state index in [2.05, 4.69) is 58.4 Å². The Hall–Kier alpha value is -2.37. The standard InChI is InChI=1S/C26H35N3O2/c1-20-4-3-13-29(18-20)25-11-9-23(10-12-25)21(2)27-26(30)24-7-5-22(6-8-24)19-28-14-16-31-17-15-28/h5-12,20-21H,3-4,13-19H2,1-2H3,(H,27,30)/t20-,21-/m1/s1. The van der Waals surface area contributed by atoms with E-state index < -0.39 is 0 Å². The highest BCUT2D eigenvalue weighted by atomic mass is 16.5. The molecule has 2 aromatic carbocycles. The fourth-order valence-electron chi connectivity index (χ4n) is 4.54. The molecule has 166 valence electrons. The number of carbonyl (C=O) groups is 1. The molecule has 0 radical (unpaired) electrons. The monoisotopic (exact) mass is 421 g/mol. The normalized spacial score (nSPS) is 21.0. The van der Waals surface area contributed by atoms with Crippen LogP contribution in [0.2, 0.25) is 0 Å². The van der Waals surface area contributed by atoms with Crippen molar-refractivity contribution in [1.29, 1.82) is 0 Å². The van der Waals surface area contributed by atoms with Crippen molar-refractivity contribution in [3.63, 3.8) is 0 Å². The van der Waals surface area contributed by atoms with E-state index in [1.807, 2.05) is 19.1 Å². The molecule has 0 saturated carbocycles. The highest BCUT2D eigenvalue weighted by Crippen LogP contribution is 2.24. The van der Waals surface area contributed by atoms with E-state index in [4.69, 9.17) is 4.74 Å². The minimum absolute atomic E-state index is 0.0284. The van der Waals surface area contributed by atoms with Gasteiger partial charge in [-0.1, -0.05) is 31.2 Å². The van der Waals surface area contributed by atoms with E-state index in [0.717, 1.165) is 57.4 Å². The molecule has 2 atom stereocenters. The van der Waals surface area contributed by atoms with Gasteiger partial charge in [0.15, 0.2) is 0 Å². The lowest BCUT2D eigenvalue weighted by Crippen LogP contribution is -2.35. The largest absolute Gasteiger partial charge is 0.379 e. The fourth-order valence-corrected chi connectivity index (χ4v) is 4.54. The minimum atomic E-state index is -0.0325. The Balaban J connectivity index is 1.31. The second kappa shape index (κ2) is 10.3. The van der Waals surface area contributed by atoms with Gasteiger partial charge in [-0.2, -0.15) is 0 Å². The van der Waals surface area contributed by atoms with Gasteiger partial charge in [0.05, 0.1) is 19.3 Å². The molecule has 2 aliphatic rings. The second-order valence-corrected chi connectivity index (χ2v) is 9.07. The summed E-state index contributed by atoms with van der Waals surface area (Å²) in [6.45, 7) is 11.1. The molecule has 0 spiro atoms. The number of piperidine rings is 1. The molecule has 2 fully saturated rings. The number of amides is 1. The smallest absolute Gasteiger partial charge is 0.251 e. The molecule has 5 nitrogen and oxygen atoms in total. The maximum absolute atomic E-state index is 12.7. The zero-order valence-corrected chi connectivity index (χ0v) is 18.8. The highest BCUT2D eigenvalue weighted by Gasteiger charge is 2.17. The molecule has 0 bridgehead atoms. The number of benzene rings is 2. The Morgan fingerprint density at radius 3 is 2.45 bits per heavy atom. The van der Waals surface area contributed by atoms with E-state index in [1.54, 1.807) is 0 Å². The molecular formula is C26H35N3O2. The Bertz CT molecular complexity index is 844. The molecule has 2 saturated heterocycles. The Morgan fingerprint density at radius 2 is 1.77 bits per heavy atom. The number of nitrogens with zero attached hydrogens (tertiary/aromatic N) is 2. The number of rotatable bonds is 6. The number of hydrogen-bond donors (Lipinski definition) is 1. The third-order valence-electron chi connectivity index (χ3n) is 6.49. The van der Waals surface area contributed by atoms with Gasteiger partial charge in [-0.25, -0.2) is 0 Å². The first-order valence-electron chi connectivity index (χ1n) is 11.6. The SMILES string of the molecule is C[C@@H]1CCCN(c2ccc([C@@H](C)NC(=O)c3ccc(CN4CCOCC4)cc3)cc2)C1. The van der Waals surface area contributed by atoms with Gasteiger partial charge in [0, 0.05) is 44.0 Å². The predicted octanol–water partition coefficient (Wildman–Crippen LogP) is 4.25. The summed E-state index contributed by atoms with van der Waals surface area (Å²) in [5.41, 5.74) is 4.35. The molecular weight excluding hydrogens is 386 g/mol. The first-order valence-corrected chi connectivity index (χ1v) is 11.6. The summed E-state index contributed by atoms with van der Waals surface area (Å²) < 4.78 is 5.41. The molecule has 4 rings (SSSR count). The third-order valence-corrected chi connectivity index (χ3v) is 6.49. The number of nitrogens with one attached hydrogen (secondary N) is 1. The molecule has 2 heterocycles. The van der Waals surface area contributed by atoms with E-state index in [1.165, 1.54) is 24.1 Å². The molecule has 2 aliphatic heterocycles. The number of anilines is 1. The highest BCUT2D eigenvalue weighted by molar-refractivity contribution is 5.94. The maximum atomic E-state index is 12.7. The van der Waals surface area contributed by atoms with Gasteiger partial charge in [0.25, 0.3) is 5.91 Å². The summed E-state index contributed by atoms with van der Waals surface area (Å²) in [6, 6.07) is 16.6. The maximum Gasteiger partial charge on any atom is 0.251 e. The van der Waals surface area contributed by atoms with Crippen molar-refractivity contribution in [1.82, 2.24) is 10.2 Å². The Labute approximate surface area is 186 Å². The lowest BCUT2D eigenvalue weighted by molar-refractivity contribution is 0.0342. The van der Waals surface area contributed by atoms with Crippen LogP contribution in [0.3, 0.4) is 0 Å². The van der Waals surface area contributed by atoms with Crippen molar-refractivity contribution < 1.29 is 9.53 Å². The summed E-state index contributed by atoms with van der Waals surface area (Å²) in [7, 11) is 0. The molecule has 2 aromatic rings. The molecule has 1 amide bonds. The summed E-state index contributed by atoms with van der Waals surface area (Å²) in [6.07, 6.45) is 2.59. The summed E-state index contributed by atoms with van der Waals surface area (Å²) in [4.78, 5) is 17.6. The van der Waals surface area contributed by atoms with Crippen LogP contribution in [0.25, 0.3) is 0 Å². The van der Waals surface area contributed by atoms with Gasteiger partial charge < -0.3 is 15.0 Å². The molecule has 0 aliphatic carbocycles. The molecule has 5 heteroatoms. The second-order valence-electron chi connectivity index (χ2n) is 9.07. The molecule has 1 N–H and O–H groups in total. The lowest BCUT2D eigenvalue weighted by Gasteiger charge is -2.33. The number of ether oxygens (including phenoxy) is 1. The summed E-state index contributed by atoms with van der Waals surface area (Å²) in [5, 5.41) is 3.14. The van der Waals surface area contributed by atoms with Gasteiger partial charge in [-0.15, -0.1) is 0 Å². The van der Waals surface area contributed by atoms with Crippen LogP contribution in [-0.4, -0.2) is 50.2 Å². The van der Waals surface area contributed by atoms with E-state index in [9.17, 15) is 4.79 Å². The van der Waals surface area contributed by atoms with Crippen LogP contribution in [-0.2, 0) is 11.3 Å². The van der Waals surface area contributed by atoms with Crippen molar-refractivity contribution in [2.24, 2.45) is 5.92 Å². The first kappa shape index (κ1) is 21.8. The quantitative estimate of drug-likeness (QED) is 0.758. The molecule has 0 unspecified atom stereocenters.